The maximum Gasteiger partial charge on any atom is 0.266 e. The van der Waals surface area contributed by atoms with E-state index < -0.39 is 6.08 Å². The SMILES string of the molecule is CC1CCC(c2ccc(C3CCC(C=C(F)F)CO3)cc2)CC1. The third kappa shape index (κ3) is 4.41. The topological polar surface area (TPSA) is 9.23 Å². The van der Waals surface area contributed by atoms with Crippen LogP contribution in [-0.2, 0) is 4.74 Å². The first kappa shape index (κ1) is 16.6. The lowest BCUT2D eigenvalue weighted by atomic mass is 9.79. The molecule has 2 atom stereocenters. The van der Waals surface area contributed by atoms with E-state index in [9.17, 15) is 8.78 Å². The fourth-order valence-electron chi connectivity index (χ4n) is 3.92. The Morgan fingerprint density at radius 1 is 0.957 bits per heavy atom. The van der Waals surface area contributed by atoms with Crippen LogP contribution in [0.25, 0.3) is 0 Å². The molecule has 3 rings (SSSR count). The largest absolute Gasteiger partial charge is 0.373 e. The van der Waals surface area contributed by atoms with Crippen LogP contribution in [0.4, 0.5) is 8.78 Å². The highest BCUT2D eigenvalue weighted by atomic mass is 19.3. The van der Waals surface area contributed by atoms with Gasteiger partial charge < -0.3 is 4.74 Å². The second-order valence-corrected chi connectivity index (χ2v) is 7.24. The Morgan fingerprint density at radius 2 is 1.61 bits per heavy atom. The van der Waals surface area contributed by atoms with E-state index in [0.717, 1.165) is 24.8 Å². The summed E-state index contributed by atoms with van der Waals surface area (Å²) in [4.78, 5) is 0. The number of rotatable bonds is 3. The summed E-state index contributed by atoms with van der Waals surface area (Å²) in [7, 11) is 0. The molecule has 1 saturated carbocycles. The Bertz CT molecular complexity index is 517. The number of benzene rings is 1. The van der Waals surface area contributed by atoms with E-state index in [0.29, 0.717) is 12.5 Å². The van der Waals surface area contributed by atoms with E-state index in [2.05, 4.69) is 31.2 Å². The highest BCUT2D eigenvalue weighted by Crippen LogP contribution is 2.37. The van der Waals surface area contributed by atoms with E-state index in [1.165, 1.54) is 36.8 Å². The van der Waals surface area contributed by atoms with E-state index in [4.69, 9.17) is 4.74 Å². The molecule has 1 aliphatic carbocycles. The van der Waals surface area contributed by atoms with Crippen molar-refractivity contribution in [1.29, 1.82) is 0 Å². The van der Waals surface area contributed by atoms with Crippen LogP contribution in [0.5, 0.6) is 0 Å². The number of ether oxygens (including phenoxy) is 1. The summed E-state index contributed by atoms with van der Waals surface area (Å²) in [5.41, 5.74) is 2.62. The fraction of sp³-hybridized carbons (Fsp3) is 0.600. The third-order valence-corrected chi connectivity index (χ3v) is 5.47. The summed E-state index contributed by atoms with van der Waals surface area (Å²) < 4.78 is 30.4. The van der Waals surface area contributed by atoms with Crippen molar-refractivity contribution in [3.05, 3.63) is 47.5 Å². The minimum absolute atomic E-state index is 0.0581. The highest BCUT2D eigenvalue weighted by Gasteiger charge is 2.23. The third-order valence-electron chi connectivity index (χ3n) is 5.47. The second-order valence-electron chi connectivity index (χ2n) is 7.24. The normalized spacial score (nSPS) is 31.6. The van der Waals surface area contributed by atoms with Gasteiger partial charge in [-0.3, -0.25) is 0 Å². The Hall–Kier alpha value is -1.22. The van der Waals surface area contributed by atoms with Gasteiger partial charge in [0.2, 0.25) is 0 Å². The molecule has 1 aromatic rings. The lowest BCUT2D eigenvalue weighted by Crippen LogP contribution is -2.19. The van der Waals surface area contributed by atoms with Crippen LogP contribution in [0.15, 0.2) is 36.4 Å². The van der Waals surface area contributed by atoms with E-state index in [-0.39, 0.29) is 12.0 Å². The minimum atomic E-state index is -1.59. The zero-order chi connectivity index (χ0) is 16.2. The first-order chi connectivity index (χ1) is 11.1. The quantitative estimate of drug-likeness (QED) is 0.641. The molecular formula is C20H26F2O. The minimum Gasteiger partial charge on any atom is -0.373 e. The molecule has 2 aliphatic rings. The second kappa shape index (κ2) is 7.57. The summed E-state index contributed by atoms with van der Waals surface area (Å²) in [6, 6.07) is 8.83. The van der Waals surface area contributed by atoms with E-state index in [1.807, 2.05) is 0 Å². The van der Waals surface area contributed by atoms with Crippen molar-refractivity contribution in [1.82, 2.24) is 0 Å². The van der Waals surface area contributed by atoms with Crippen LogP contribution in [0.2, 0.25) is 0 Å². The molecule has 0 N–H and O–H groups in total. The van der Waals surface area contributed by atoms with E-state index >= 15 is 0 Å². The smallest absolute Gasteiger partial charge is 0.266 e. The van der Waals surface area contributed by atoms with Crippen molar-refractivity contribution in [2.75, 3.05) is 6.61 Å². The molecule has 2 unspecified atom stereocenters. The maximum atomic E-state index is 12.3. The van der Waals surface area contributed by atoms with Crippen molar-refractivity contribution in [2.45, 2.75) is 57.5 Å². The molecule has 0 bridgehead atoms. The Morgan fingerprint density at radius 3 is 2.17 bits per heavy atom. The highest BCUT2D eigenvalue weighted by molar-refractivity contribution is 5.27. The van der Waals surface area contributed by atoms with Crippen LogP contribution in [0.1, 0.15) is 68.6 Å². The van der Waals surface area contributed by atoms with Crippen LogP contribution in [-0.4, -0.2) is 6.61 Å². The van der Waals surface area contributed by atoms with Crippen molar-refractivity contribution >= 4 is 0 Å². The maximum absolute atomic E-state index is 12.3. The zero-order valence-corrected chi connectivity index (χ0v) is 13.8. The molecule has 2 fully saturated rings. The van der Waals surface area contributed by atoms with Gasteiger partial charge in [0.25, 0.3) is 6.08 Å². The summed E-state index contributed by atoms with van der Waals surface area (Å²) >= 11 is 0. The summed E-state index contributed by atoms with van der Waals surface area (Å²) in [6.45, 7) is 2.74. The molecule has 126 valence electrons. The molecule has 1 saturated heterocycles. The Kier molecular flexibility index (Phi) is 5.47. The van der Waals surface area contributed by atoms with Crippen molar-refractivity contribution in [2.24, 2.45) is 11.8 Å². The van der Waals surface area contributed by atoms with Gasteiger partial charge in [-0.15, -0.1) is 0 Å². The van der Waals surface area contributed by atoms with Crippen LogP contribution in [0.3, 0.4) is 0 Å². The average molecular weight is 320 g/mol. The van der Waals surface area contributed by atoms with Crippen LogP contribution in [0, 0.1) is 11.8 Å². The van der Waals surface area contributed by atoms with Gasteiger partial charge in [-0.2, -0.15) is 8.78 Å². The number of hydrogen-bond acceptors (Lipinski definition) is 1. The summed E-state index contributed by atoms with van der Waals surface area (Å²) in [6.07, 6.45) is 6.33. The molecule has 1 aromatic carbocycles. The monoisotopic (exact) mass is 320 g/mol. The van der Waals surface area contributed by atoms with Gasteiger partial charge in [0, 0.05) is 5.92 Å². The van der Waals surface area contributed by atoms with Crippen molar-refractivity contribution in [3.8, 4) is 0 Å². The molecular weight excluding hydrogens is 294 g/mol. The Balaban J connectivity index is 1.57. The first-order valence-corrected chi connectivity index (χ1v) is 8.86. The zero-order valence-electron chi connectivity index (χ0n) is 13.8. The van der Waals surface area contributed by atoms with Gasteiger partial charge in [0.15, 0.2) is 0 Å². The average Bonchev–Trinajstić information content (AvgIpc) is 2.56. The first-order valence-electron chi connectivity index (χ1n) is 8.86. The van der Waals surface area contributed by atoms with Crippen molar-refractivity contribution in [3.63, 3.8) is 0 Å². The van der Waals surface area contributed by atoms with Crippen LogP contribution >= 0.6 is 0 Å². The molecule has 1 nitrogen and oxygen atoms in total. The Labute approximate surface area is 137 Å². The van der Waals surface area contributed by atoms with Gasteiger partial charge >= 0.3 is 0 Å². The molecule has 1 heterocycles. The molecule has 0 aromatic heterocycles. The van der Waals surface area contributed by atoms with Crippen molar-refractivity contribution < 1.29 is 13.5 Å². The molecule has 0 spiro atoms. The number of hydrogen-bond donors (Lipinski definition) is 0. The van der Waals surface area contributed by atoms with Gasteiger partial charge in [-0.1, -0.05) is 44.0 Å². The number of halogens is 2. The molecule has 0 amide bonds. The summed E-state index contributed by atoms with van der Waals surface area (Å²) in [5.74, 6) is 1.44. The van der Waals surface area contributed by atoms with E-state index in [1.54, 1.807) is 0 Å². The van der Waals surface area contributed by atoms with Gasteiger partial charge in [-0.25, -0.2) is 0 Å². The lowest BCUT2D eigenvalue weighted by molar-refractivity contribution is -0.00607. The predicted octanol–water partition coefficient (Wildman–Crippen LogP) is 6.23. The fourth-order valence-corrected chi connectivity index (χ4v) is 3.92. The van der Waals surface area contributed by atoms with Crippen LogP contribution < -0.4 is 0 Å². The molecule has 0 radical (unpaired) electrons. The molecule has 23 heavy (non-hydrogen) atoms. The lowest BCUT2D eigenvalue weighted by Gasteiger charge is -2.29. The predicted molar refractivity (Wildman–Crippen MR) is 88.5 cm³/mol. The van der Waals surface area contributed by atoms with Gasteiger partial charge in [0.1, 0.15) is 0 Å². The summed E-state index contributed by atoms with van der Waals surface area (Å²) in [5, 5.41) is 0. The molecule has 3 heteroatoms. The van der Waals surface area contributed by atoms with Gasteiger partial charge in [-0.05, 0) is 54.7 Å². The molecule has 1 aliphatic heterocycles. The van der Waals surface area contributed by atoms with Gasteiger partial charge in [0.05, 0.1) is 12.7 Å². The standard InChI is InChI=1S/C20H26F2O/c1-14-2-5-16(6-3-14)17-7-9-18(10-8-17)19-11-4-15(13-23-19)12-20(21)22/h7-10,12,14-16,19H,2-6,11,13H2,1H3.